The average Bonchev–Trinajstić information content (AvgIpc) is 2.64. The van der Waals surface area contributed by atoms with Gasteiger partial charge in [-0.3, -0.25) is 0 Å². The summed E-state index contributed by atoms with van der Waals surface area (Å²) in [5.41, 5.74) is 1.35. The minimum absolute atomic E-state index is 0.271. The fourth-order valence-corrected chi connectivity index (χ4v) is 5.02. The Morgan fingerprint density at radius 2 is 2.14 bits per heavy atom. The molecule has 2 rings (SSSR count). The third-order valence-electron chi connectivity index (χ3n) is 2.15. The average molecular weight is 283 g/mol. The van der Waals surface area contributed by atoms with E-state index in [-0.39, 0.29) is 9.52 Å². The molecule has 0 spiro atoms. The Balaban J connectivity index is 2.28. The van der Waals surface area contributed by atoms with Crippen molar-refractivity contribution in [2.45, 2.75) is 6.92 Å². The lowest BCUT2D eigenvalue weighted by atomic mass is 10.2. The van der Waals surface area contributed by atoms with E-state index >= 15 is 0 Å². The fourth-order valence-electron chi connectivity index (χ4n) is 1.44. The first-order valence-electron chi connectivity index (χ1n) is 4.53. The van der Waals surface area contributed by atoms with E-state index in [2.05, 4.69) is 58.6 Å². The van der Waals surface area contributed by atoms with E-state index in [9.17, 15) is 0 Å². The number of rotatable bonds is 2. The van der Waals surface area contributed by atoms with Gasteiger partial charge in [0, 0.05) is 4.47 Å². The predicted molar refractivity (Wildman–Crippen MR) is 71.0 cm³/mol. The Morgan fingerprint density at radius 1 is 1.29 bits per heavy atom. The third-order valence-corrected chi connectivity index (χ3v) is 6.65. The van der Waals surface area contributed by atoms with E-state index in [1.807, 2.05) is 11.3 Å². The molecule has 0 aliphatic rings. The first-order valence-corrected chi connectivity index (χ1v) is 7.62. The van der Waals surface area contributed by atoms with E-state index in [1.54, 1.807) is 4.50 Å². The fraction of sp³-hybridized carbons (Fsp3) is 0.0909. The highest BCUT2D eigenvalue weighted by Crippen LogP contribution is 2.07. The number of thiophene rings is 1. The van der Waals surface area contributed by atoms with Gasteiger partial charge in [0.25, 0.3) is 0 Å². The van der Waals surface area contributed by atoms with Crippen molar-refractivity contribution in [3.8, 4) is 0 Å². The molecule has 0 saturated carbocycles. The van der Waals surface area contributed by atoms with Crippen LogP contribution >= 0.6 is 27.3 Å². The van der Waals surface area contributed by atoms with E-state index < -0.39 is 0 Å². The van der Waals surface area contributed by atoms with Crippen LogP contribution in [0.4, 0.5) is 0 Å². The smallest absolute Gasteiger partial charge is 0.102 e. The maximum absolute atomic E-state index is 3.62. The van der Waals surface area contributed by atoms with E-state index in [1.165, 1.54) is 15.2 Å². The van der Waals surface area contributed by atoms with Crippen LogP contribution in [0.5, 0.6) is 0 Å². The standard InChI is InChI=1S/C11H11BrSSi/c1-8-4-5-9(12)10(7-8)14-11-3-2-6-13-11/h2-7H,14H2,1H3. The van der Waals surface area contributed by atoms with Gasteiger partial charge in [-0.1, -0.05) is 45.8 Å². The maximum atomic E-state index is 3.62. The molecule has 0 amide bonds. The summed E-state index contributed by atoms with van der Waals surface area (Å²) in [6.45, 7) is 2.15. The Hall–Kier alpha value is -0.383. The summed E-state index contributed by atoms with van der Waals surface area (Å²) in [6, 6.07) is 11.0. The first kappa shape index (κ1) is 10.1. The van der Waals surface area contributed by atoms with Gasteiger partial charge in [0.05, 0.1) is 0 Å². The van der Waals surface area contributed by atoms with Crippen LogP contribution in [-0.4, -0.2) is 9.52 Å². The van der Waals surface area contributed by atoms with Gasteiger partial charge in [0.15, 0.2) is 0 Å². The molecule has 3 heteroatoms. The lowest BCUT2D eigenvalue weighted by Crippen LogP contribution is -2.25. The summed E-state index contributed by atoms with van der Waals surface area (Å²) >= 11 is 5.49. The Kier molecular flexibility index (Phi) is 3.21. The van der Waals surface area contributed by atoms with Crippen molar-refractivity contribution in [3.05, 3.63) is 45.7 Å². The van der Waals surface area contributed by atoms with E-state index in [4.69, 9.17) is 0 Å². The minimum Gasteiger partial charge on any atom is -0.154 e. The molecule has 1 aromatic carbocycles. The summed E-state index contributed by atoms with van der Waals surface area (Å²) in [5, 5.41) is 3.67. The molecule has 0 saturated heterocycles. The lowest BCUT2D eigenvalue weighted by Gasteiger charge is -2.03. The van der Waals surface area contributed by atoms with Crippen LogP contribution in [-0.2, 0) is 0 Å². The molecular weight excluding hydrogens is 272 g/mol. The van der Waals surface area contributed by atoms with Crippen LogP contribution in [0.15, 0.2) is 40.2 Å². The SMILES string of the molecule is Cc1ccc(Br)c([SiH2]c2cccs2)c1. The van der Waals surface area contributed by atoms with Gasteiger partial charge in [-0.15, -0.1) is 0 Å². The van der Waals surface area contributed by atoms with Gasteiger partial charge in [-0.2, -0.15) is 11.3 Å². The molecule has 0 radical (unpaired) electrons. The van der Waals surface area contributed by atoms with E-state index in [0.29, 0.717) is 0 Å². The Bertz CT molecular complexity index is 423. The molecule has 0 bridgehead atoms. The maximum Gasteiger partial charge on any atom is 0.102 e. The quantitative estimate of drug-likeness (QED) is 0.739. The third kappa shape index (κ3) is 2.35. The summed E-state index contributed by atoms with van der Waals surface area (Å²) in [6.07, 6.45) is 0. The van der Waals surface area contributed by atoms with Crippen molar-refractivity contribution in [1.29, 1.82) is 0 Å². The highest BCUT2D eigenvalue weighted by Gasteiger charge is 2.02. The van der Waals surface area contributed by atoms with Crippen molar-refractivity contribution < 1.29 is 0 Å². The number of halogens is 1. The topological polar surface area (TPSA) is 0 Å². The second kappa shape index (κ2) is 4.42. The molecule has 14 heavy (non-hydrogen) atoms. The predicted octanol–water partition coefficient (Wildman–Crippen LogP) is 1.94. The van der Waals surface area contributed by atoms with Gasteiger partial charge < -0.3 is 0 Å². The van der Waals surface area contributed by atoms with Crippen molar-refractivity contribution in [2.75, 3.05) is 0 Å². The van der Waals surface area contributed by atoms with Crippen LogP contribution in [0.2, 0.25) is 0 Å². The molecule has 1 aromatic heterocycles. The van der Waals surface area contributed by atoms with Crippen LogP contribution in [0.1, 0.15) is 5.56 Å². The highest BCUT2D eigenvalue weighted by atomic mass is 79.9. The summed E-state index contributed by atoms with van der Waals surface area (Å²) < 4.78 is 2.82. The van der Waals surface area contributed by atoms with Crippen LogP contribution in [0, 0.1) is 6.92 Å². The van der Waals surface area contributed by atoms with Gasteiger partial charge in [0.2, 0.25) is 0 Å². The van der Waals surface area contributed by atoms with Gasteiger partial charge in [-0.25, -0.2) is 0 Å². The van der Waals surface area contributed by atoms with Gasteiger partial charge in [-0.05, 0) is 28.1 Å². The molecular formula is C11H11BrSSi. The summed E-state index contributed by atoms with van der Waals surface area (Å²) in [4.78, 5) is 0. The van der Waals surface area contributed by atoms with Crippen molar-refractivity contribution >= 4 is 46.5 Å². The van der Waals surface area contributed by atoms with E-state index in [0.717, 1.165) is 0 Å². The number of hydrogen-bond donors (Lipinski definition) is 0. The zero-order chi connectivity index (χ0) is 9.97. The number of hydrogen-bond acceptors (Lipinski definition) is 1. The van der Waals surface area contributed by atoms with Crippen LogP contribution in [0.3, 0.4) is 0 Å². The molecule has 0 nitrogen and oxygen atoms in total. The van der Waals surface area contributed by atoms with Gasteiger partial charge >= 0.3 is 0 Å². The monoisotopic (exact) mass is 282 g/mol. The molecule has 0 aliphatic heterocycles. The molecule has 2 aromatic rings. The molecule has 72 valence electrons. The summed E-state index contributed by atoms with van der Waals surface area (Å²) in [7, 11) is -0.271. The van der Waals surface area contributed by atoms with Crippen LogP contribution in [0.25, 0.3) is 0 Å². The molecule has 0 aliphatic carbocycles. The lowest BCUT2D eigenvalue weighted by molar-refractivity contribution is 1.48. The number of aryl methyl sites for hydroxylation is 1. The van der Waals surface area contributed by atoms with Crippen LogP contribution < -0.4 is 9.69 Å². The second-order valence-electron chi connectivity index (χ2n) is 3.35. The highest BCUT2D eigenvalue weighted by molar-refractivity contribution is 9.10. The molecule has 1 heterocycles. The van der Waals surface area contributed by atoms with Gasteiger partial charge in [0.1, 0.15) is 9.52 Å². The van der Waals surface area contributed by atoms with Crippen molar-refractivity contribution in [2.24, 2.45) is 0 Å². The zero-order valence-corrected chi connectivity index (χ0v) is 11.8. The Morgan fingerprint density at radius 3 is 2.86 bits per heavy atom. The zero-order valence-electron chi connectivity index (χ0n) is 7.96. The van der Waals surface area contributed by atoms with Crippen molar-refractivity contribution in [3.63, 3.8) is 0 Å². The number of benzene rings is 1. The molecule has 0 atom stereocenters. The normalized spacial score (nSPS) is 11.3. The first-order chi connectivity index (χ1) is 6.75. The molecule has 0 fully saturated rings. The van der Waals surface area contributed by atoms with Crippen molar-refractivity contribution in [1.82, 2.24) is 0 Å². The molecule has 0 unspecified atom stereocenters. The Labute approximate surface area is 98.9 Å². The summed E-state index contributed by atoms with van der Waals surface area (Å²) in [5.74, 6) is 0. The second-order valence-corrected chi connectivity index (χ2v) is 7.63. The molecule has 0 N–H and O–H groups in total. The minimum atomic E-state index is -0.271. The largest absolute Gasteiger partial charge is 0.154 e.